The fourth-order valence-electron chi connectivity index (χ4n) is 1.92. The van der Waals surface area contributed by atoms with E-state index in [4.69, 9.17) is 11.6 Å². The molecule has 122 valence electrons. The first-order valence-electron chi connectivity index (χ1n) is 7.23. The molecule has 1 atom stereocenters. The Labute approximate surface area is 143 Å². The average molecular weight is 352 g/mol. The largest absolute Gasteiger partial charge is 0.325 e. The van der Waals surface area contributed by atoms with Crippen LogP contribution in [0.3, 0.4) is 0 Å². The fraction of sp³-hybridized carbons (Fsp3) is 0.312. The summed E-state index contributed by atoms with van der Waals surface area (Å²) in [6.45, 7) is 5.53. The number of hydrogen-bond donors (Lipinski definition) is 2. The summed E-state index contributed by atoms with van der Waals surface area (Å²) in [5.41, 5.74) is 1.99. The van der Waals surface area contributed by atoms with Crippen LogP contribution in [0.15, 0.2) is 34.2 Å². The molecule has 0 fully saturated rings. The molecule has 0 spiro atoms. The number of H-pyrrole nitrogens is 1. The van der Waals surface area contributed by atoms with E-state index in [1.54, 1.807) is 25.1 Å². The maximum absolute atomic E-state index is 12.3. The predicted molar refractivity (Wildman–Crippen MR) is 94.4 cm³/mol. The number of halogens is 1. The summed E-state index contributed by atoms with van der Waals surface area (Å²) in [5, 5.41) is 3.48. The molecule has 0 bridgehead atoms. The van der Waals surface area contributed by atoms with Gasteiger partial charge in [0, 0.05) is 22.5 Å². The molecule has 2 rings (SSSR count). The number of nitrogens with zero attached hydrogens (tertiary/aromatic N) is 1. The predicted octanol–water partition coefficient (Wildman–Crippen LogP) is 3.41. The number of carbonyl (C=O) groups excluding carboxylic acids is 1. The topological polar surface area (TPSA) is 74.8 Å². The van der Waals surface area contributed by atoms with Gasteiger partial charge in [-0.3, -0.25) is 9.59 Å². The molecule has 1 amide bonds. The number of hydrogen-bond acceptors (Lipinski definition) is 4. The summed E-state index contributed by atoms with van der Waals surface area (Å²) in [6.07, 6.45) is 0.666. The highest BCUT2D eigenvalue weighted by molar-refractivity contribution is 8.00. The molecule has 1 aromatic heterocycles. The summed E-state index contributed by atoms with van der Waals surface area (Å²) >= 11 is 7.26. The lowest BCUT2D eigenvalue weighted by molar-refractivity contribution is -0.115. The van der Waals surface area contributed by atoms with Crippen LogP contribution in [-0.2, 0) is 11.2 Å². The number of aromatic nitrogens is 2. The molecule has 5 nitrogen and oxygen atoms in total. The molecule has 2 aromatic rings. The van der Waals surface area contributed by atoms with Crippen molar-refractivity contribution in [1.82, 2.24) is 9.97 Å². The van der Waals surface area contributed by atoms with Gasteiger partial charge in [-0.25, -0.2) is 4.98 Å². The van der Waals surface area contributed by atoms with Gasteiger partial charge in [0.15, 0.2) is 5.16 Å². The van der Waals surface area contributed by atoms with Gasteiger partial charge in [-0.05, 0) is 38.0 Å². The number of nitrogens with one attached hydrogen (secondary N) is 2. The van der Waals surface area contributed by atoms with E-state index < -0.39 is 5.25 Å². The molecule has 23 heavy (non-hydrogen) atoms. The van der Waals surface area contributed by atoms with E-state index in [1.807, 2.05) is 13.8 Å². The second-order valence-corrected chi connectivity index (χ2v) is 6.79. The first-order chi connectivity index (χ1) is 10.9. The highest BCUT2D eigenvalue weighted by Crippen LogP contribution is 2.25. The van der Waals surface area contributed by atoms with Gasteiger partial charge in [-0.15, -0.1) is 0 Å². The van der Waals surface area contributed by atoms with Gasteiger partial charge in [0.25, 0.3) is 5.56 Å². The Hall–Kier alpha value is -1.79. The summed E-state index contributed by atoms with van der Waals surface area (Å²) in [4.78, 5) is 30.9. The lowest BCUT2D eigenvalue weighted by Gasteiger charge is -2.13. The number of amides is 1. The number of benzene rings is 1. The molecular weight excluding hydrogens is 334 g/mol. The molecule has 0 saturated carbocycles. The fourth-order valence-corrected chi connectivity index (χ4v) is 2.92. The number of aromatic amines is 1. The molecule has 1 aromatic carbocycles. The third-order valence-corrected chi connectivity index (χ3v) is 4.71. The maximum atomic E-state index is 12.3. The summed E-state index contributed by atoms with van der Waals surface area (Å²) in [6, 6.07) is 6.82. The van der Waals surface area contributed by atoms with Crippen LogP contribution in [0.1, 0.15) is 25.1 Å². The van der Waals surface area contributed by atoms with E-state index in [-0.39, 0.29) is 11.5 Å². The standard InChI is InChI=1S/C16H18ClN3O2S/c1-4-11-8-14(21)20-16(18-11)23-10(3)15(22)19-13-7-5-6-12(17)9(13)2/h5-8,10H,4H2,1-3H3,(H,19,22)(H,18,20,21). The Morgan fingerprint density at radius 1 is 1.48 bits per heavy atom. The smallest absolute Gasteiger partial charge is 0.251 e. The maximum Gasteiger partial charge on any atom is 0.251 e. The van der Waals surface area contributed by atoms with Gasteiger partial charge in [0.05, 0.1) is 5.25 Å². The summed E-state index contributed by atoms with van der Waals surface area (Å²) in [5.74, 6) is -0.176. The molecule has 0 radical (unpaired) electrons. The molecule has 0 aliphatic heterocycles. The number of aryl methyl sites for hydroxylation is 1. The average Bonchev–Trinajstić information content (AvgIpc) is 2.51. The van der Waals surface area contributed by atoms with E-state index in [9.17, 15) is 9.59 Å². The van der Waals surface area contributed by atoms with Crippen LogP contribution in [-0.4, -0.2) is 21.1 Å². The quantitative estimate of drug-likeness (QED) is 0.639. The lowest BCUT2D eigenvalue weighted by Crippen LogP contribution is -2.23. The van der Waals surface area contributed by atoms with Crippen molar-refractivity contribution in [3.8, 4) is 0 Å². The van der Waals surface area contributed by atoms with Crippen LogP contribution in [0.2, 0.25) is 5.02 Å². The van der Waals surface area contributed by atoms with Gasteiger partial charge < -0.3 is 10.3 Å². The zero-order valence-electron chi connectivity index (χ0n) is 13.1. The highest BCUT2D eigenvalue weighted by Gasteiger charge is 2.17. The number of carbonyl (C=O) groups is 1. The molecule has 1 unspecified atom stereocenters. The minimum Gasteiger partial charge on any atom is -0.325 e. The normalized spacial score (nSPS) is 12.0. The van der Waals surface area contributed by atoms with Crippen molar-refractivity contribution in [3.63, 3.8) is 0 Å². The Kier molecular flexibility index (Phi) is 5.85. The highest BCUT2D eigenvalue weighted by atomic mass is 35.5. The van der Waals surface area contributed by atoms with Crippen molar-refractivity contribution in [3.05, 3.63) is 50.9 Å². The van der Waals surface area contributed by atoms with E-state index >= 15 is 0 Å². The van der Waals surface area contributed by atoms with Crippen molar-refractivity contribution < 1.29 is 4.79 Å². The Morgan fingerprint density at radius 3 is 2.91 bits per heavy atom. The number of thioether (sulfide) groups is 1. The third-order valence-electron chi connectivity index (χ3n) is 3.32. The second kappa shape index (κ2) is 7.66. The molecule has 7 heteroatoms. The van der Waals surface area contributed by atoms with Gasteiger partial charge in [0.1, 0.15) is 0 Å². The third kappa shape index (κ3) is 4.59. The molecule has 1 heterocycles. The lowest BCUT2D eigenvalue weighted by atomic mass is 10.2. The van der Waals surface area contributed by atoms with Crippen LogP contribution in [0.5, 0.6) is 0 Å². The molecule has 0 aliphatic carbocycles. The van der Waals surface area contributed by atoms with Crippen molar-refractivity contribution in [1.29, 1.82) is 0 Å². The summed E-state index contributed by atoms with van der Waals surface area (Å²) < 4.78 is 0. The monoisotopic (exact) mass is 351 g/mol. The SMILES string of the molecule is CCc1cc(=O)[nH]c(SC(C)C(=O)Nc2cccc(Cl)c2C)n1. The Morgan fingerprint density at radius 2 is 2.22 bits per heavy atom. The van der Waals surface area contributed by atoms with E-state index in [1.165, 1.54) is 17.8 Å². The number of rotatable bonds is 5. The first-order valence-corrected chi connectivity index (χ1v) is 8.49. The van der Waals surface area contributed by atoms with Gasteiger partial charge in [-0.1, -0.05) is 36.4 Å². The Balaban J connectivity index is 2.10. The van der Waals surface area contributed by atoms with Crippen LogP contribution in [0.25, 0.3) is 0 Å². The molecule has 2 N–H and O–H groups in total. The minimum absolute atomic E-state index is 0.176. The first kappa shape index (κ1) is 17.6. The van der Waals surface area contributed by atoms with Crippen LogP contribution >= 0.6 is 23.4 Å². The van der Waals surface area contributed by atoms with E-state index in [0.717, 1.165) is 5.56 Å². The molecule has 0 saturated heterocycles. The van der Waals surface area contributed by atoms with E-state index in [2.05, 4.69) is 15.3 Å². The van der Waals surface area contributed by atoms with Crippen molar-refractivity contribution >= 4 is 35.0 Å². The van der Waals surface area contributed by atoms with Crippen LogP contribution < -0.4 is 10.9 Å². The van der Waals surface area contributed by atoms with Crippen LogP contribution in [0.4, 0.5) is 5.69 Å². The zero-order chi connectivity index (χ0) is 17.0. The number of anilines is 1. The Bertz CT molecular complexity index is 776. The minimum atomic E-state index is -0.413. The zero-order valence-corrected chi connectivity index (χ0v) is 14.7. The van der Waals surface area contributed by atoms with Gasteiger partial charge in [0.2, 0.25) is 5.91 Å². The molecule has 0 aliphatic rings. The van der Waals surface area contributed by atoms with E-state index in [0.29, 0.717) is 28.0 Å². The van der Waals surface area contributed by atoms with Crippen molar-refractivity contribution in [2.75, 3.05) is 5.32 Å². The second-order valence-electron chi connectivity index (χ2n) is 5.06. The van der Waals surface area contributed by atoms with Gasteiger partial charge >= 0.3 is 0 Å². The van der Waals surface area contributed by atoms with Crippen LogP contribution in [0, 0.1) is 6.92 Å². The van der Waals surface area contributed by atoms with Crippen molar-refractivity contribution in [2.45, 2.75) is 37.6 Å². The van der Waals surface area contributed by atoms with Crippen molar-refractivity contribution in [2.24, 2.45) is 0 Å². The summed E-state index contributed by atoms with van der Waals surface area (Å²) in [7, 11) is 0. The molecular formula is C16H18ClN3O2S. The van der Waals surface area contributed by atoms with Gasteiger partial charge in [-0.2, -0.15) is 0 Å².